The van der Waals surface area contributed by atoms with Crippen LogP contribution in [0.25, 0.3) is 0 Å². The Kier molecular flexibility index (Phi) is 2.29. The van der Waals surface area contributed by atoms with E-state index in [-0.39, 0.29) is 6.10 Å². The number of hydrogen-bond acceptors (Lipinski definition) is 1. The quantitative estimate of drug-likeness (QED) is 0.553. The summed E-state index contributed by atoms with van der Waals surface area (Å²) >= 11 is 0. The molecule has 0 saturated heterocycles. The molecule has 1 nitrogen and oxygen atoms in total. The predicted octanol–water partition coefficient (Wildman–Crippen LogP) is 2.12. The van der Waals surface area contributed by atoms with Gasteiger partial charge in [-0.2, -0.15) is 6.42 Å². The van der Waals surface area contributed by atoms with E-state index >= 15 is 0 Å². The lowest BCUT2D eigenvalue weighted by Gasteiger charge is -2.49. The van der Waals surface area contributed by atoms with Gasteiger partial charge in [0.05, 0.1) is 6.10 Å². The van der Waals surface area contributed by atoms with Crippen molar-refractivity contribution in [1.29, 1.82) is 0 Å². The molecule has 2 atom stereocenters. The van der Waals surface area contributed by atoms with E-state index in [1.54, 1.807) is 13.3 Å². The minimum atomic E-state index is -1.12. The van der Waals surface area contributed by atoms with Crippen LogP contribution >= 0.6 is 0 Å². The van der Waals surface area contributed by atoms with Gasteiger partial charge in [-0.1, -0.05) is 6.42 Å². The van der Waals surface area contributed by atoms with Crippen molar-refractivity contribution in [3.05, 3.63) is 6.42 Å². The molecule has 1 rings (SSSR count). The molecule has 2 heteroatoms. The van der Waals surface area contributed by atoms with Gasteiger partial charge in [-0.05, 0) is 13.8 Å². The first-order valence-corrected chi connectivity index (χ1v) is 3.84. The van der Waals surface area contributed by atoms with Gasteiger partial charge < -0.3 is 4.74 Å². The highest BCUT2D eigenvalue weighted by molar-refractivity contribution is 5.07. The van der Waals surface area contributed by atoms with E-state index < -0.39 is 5.67 Å². The molecule has 0 N–H and O–H groups in total. The van der Waals surface area contributed by atoms with Gasteiger partial charge in [-0.15, -0.1) is 0 Å². The Hall–Kier alpha value is -0.110. The highest BCUT2D eigenvalue weighted by atomic mass is 19.1. The normalized spacial score (nSPS) is 35.1. The maximum Gasteiger partial charge on any atom is 0.0604 e. The molecule has 1 fully saturated rings. The largest absolute Gasteiger partial charge is 0.378 e. The molecule has 10 heavy (non-hydrogen) atoms. The fraction of sp³-hybridized carbons (Fsp3) is 0.875. The third kappa shape index (κ3) is 1.31. The first-order valence-electron chi connectivity index (χ1n) is 3.84. The predicted molar refractivity (Wildman–Crippen MR) is 38.5 cm³/mol. The second kappa shape index (κ2) is 2.87. The summed E-state index contributed by atoms with van der Waals surface area (Å²) in [5.41, 5.74) is -1.12. The average Bonchev–Trinajstić information content (AvgIpc) is 1.83. The molecule has 0 heterocycles. The summed E-state index contributed by atoms with van der Waals surface area (Å²) in [5, 5.41) is 0. The molecule has 0 aromatic rings. The third-order valence-electron chi connectivity index (χ3n) is 2.10. The van der Waals surface area contributed by atoms with Gasteiger partial charge in [0.2, 0.25) is 0 Å². The van der Waals surface area contributed by atoms with Crippen LogP contribution < -0.4 is 0 Å². The second-order valence-corrected chi connectivity index (χ2v) is 2.77. The number of halogens is 1. The molecule has 1 saturated carbocycles. The van der Waals surface area contributed by atoms with E-state index in [0.29, 0.717) is 13.0 Å². The lowest BCUT2D eigenvalue weighted by Crippen LogP contribution is -2.44. The monoisotopic (exact) mass is 145 g/mol. The van der Waals surface area contributed by atoms with Gasteiger partial charge in [-0.3, -0.25) is 10.8 Å². The topological polar surface area (TPSA) is 9.23 Å². The van der Waals surface area contributed by atoms with Gasteiger partial charge in [-0.25, -0.2) is 0 Å². The van der Waals surface area contributed by atoms with Crippen LogP contribution in [0.4, 0.5) is 4.39 Å². The Morgan fingerprint density at radius 1 is 1.80 bits per heavy atom. The lowest BCUT2D eigenvalue weighted by molar-refractivity contribution is -0.0555. The zero-order valence-electron chi connectivity index (χ0n) is 6.56. The van der Waals surface area contributed by atoms with E-state index in [0.717, 1.165) is 6.42 Å². The van der Waals surface area contributed by atoms with Crippen LogP contribution in [0.3, 0.4) is 0 Å². The van der Waals surface area contributed by atoms with E-state index in [2.05, 4.69) is 0 Å². The number of rotatable bonds is 3. The Bertz CT molecular complexity index is 110. The first-order chi connectivity index (χ1) is 4.69. The highest BCUT2D eigenvalue weighted by Gasteiger charge is 2.32. The van der Waals surface area contributed by atoms with Crippen LogP contribution in [0.2, 0.25) is 0 Å². The number of hydrogen-bond donors (Lipinski definition) is 0. The van der Waals surface area contributed by atoms with Crippen molar-refractivity contribution in [2.45, 2.75) is 38.5 Å². The SMILES string of the molecule is CCOC(C)C1(F)[CH-]CC1. The summed E-state index contributed by atoms with van der Waals surface area (Å²) in [7, 11) is 0. The zero-order valence-corrected chi connectivity index (χ0v) is 6.56. The minimum absolute atomic E-state index is 0.258. The van der Waals surface area contributed by atoms with Crippen LogP contribution in [0.5, 0.6) is 0 Å². The Labute approximate surface area is 61.6 Å². The molecular formula is C8H14FO-. The van der Waals surface area contributed by atoms with Gasteiger partial charge in [0.25, 0.3) is 0 Å². The van der Waals surface area contributed by atoms with Gasteiger partial charge in [0.15, 0.2) is 0 Å². The van der Waals surface area contributed by atoms with Crippen molar-refractivity contribution in [3.8, 4) is 0 Å². The fourth-order valence-corrected chi connectivity index (χ4v) is 1.18. The van der Waals surface area contributed by atoms with Gasteiger partial charge in [0.1, 0.15) is 0 Å². The lowest BCUT2D eigenvalue weighted by atomic mass is 9.78. The summed E-state index contributed by atoms with van der Waals surface area (Å²) in [6.07, 6.45) is 2.97. The molecule has 0 aromatic heterocycles. The van der Waals surface area contributed by atoms with Crippen LogP contribution in [0.1, 0.15) is 26.7 Å². The molecule has 2 unspecified atom stereocenters. The molecule has 0 aromatic carbocycles. The molecular weight excluding hydrogens is 131 g/mol. The summed E-state index contributed by atoms with van der Waals surface area (Å²) in [6.45, 7) is 4.28. The van der Waals surface area contributed by atoms with Gasteiger partial charge in [0, 0.05) is 12.3 Å². The Morgan fingerprint density at radius 2 is 2.40 bits per heavy atom. The maximum absolute atomic E-state index is 13.3. The van der Waals surface area contributed by atoms with Crippen LogP contribution in [-0.2, 0) is 4.74 Å². The van der Waals surface area contributed by atoms with E-state index in [9.17, 15) is 4.39 Å². The Balaban J connectivity index is 2.31. The summed E-state index contributed by atoms with van der Waals surface area (Å²) in [5.74, 6) is 0. The van der Waals surface area contributed by atoms with Crippen molar-refractivity contribution in [2.75, 3.05) is 6.61 Å². The smallest absolute Gasteiger partial charge is 0.0604 e. The van der Waals surface area contributed by atoms with Crippen molar-refractivity contribution in [2.24, 2.45) is 0 Å². The number of alkyl halides is 1. The first kappa shape index (κ1) is 7.99. The number of ether oxygens (including phenoxy) is 1. The molecule has 0 radical (unpaired) electrons. The van der Waals surface area contributed by atoms with Crippen molar-refractivity contribution < 1.29 is 9.13 Å². The standard InChI is InChI=1S/C8H14FO/c1-3-10-7(2)8(9)5-4-6-8/h5,7H,3-4,6H2,1-2H3/q-1. The van der Waals surface area contributed by atoms with Crippen LogP contribution in [0.15, 0.2) is 0 Å². The maximum atomic E-state index is 13.3. The molecule has 1 aliphatic rings. The van der Waals surface area contributed by atoms with Crippen molar-refractivity contribution in [3.63, 3.8) is 0 Å². The third-order valence-corrected chi connectivity index (χ3v) is 2.10. The molecule has 1 aliphatic carbocycles. The highest BCUT2D eigenvalue weighted by Crippen LogP contribution is 2.38. The summed E-state index contributed by atoms with van der Waals surface area (Å²) in [4.78, 5) is 0. The van der Waals surface area contributed by atoms with Crippen LogP contribution in [-0.4, -0.2) is 18.4 Å². The minimum Gasteiger partial charge on any atom is -0.378 e. The van der Waals surface area contributed by atoms with E-state index in [4.69, 9.17) is 4.74 Å². The molecule has 0 spiro atoms. The molecule has 0 amide bonds. The van der Waals surface area contributed by atoms with Gasteiger partial charge >= 0.3 is 0 Å². The molecule has 0 bridgehead atoms. The Morgan fingerprint density at radius 3 is 2.70 bits per heavy atom. The fourth-order valence-electron chi connectivity index (χ4n) is 1.18. The summed E-state index contributed by atoms with van der Waals surface area (Å²) < 4.78 is 18.4. The van der Waals surface area contributed by atoms with Crippen molar-refractivity contribution in [1.82, 2.24) is 0 Å². The second-order valence-electron chi connectivity index (χ2n) is 2.77. The van der Waals surface area contributed by atoms with Crippen molar-refractivity contribution >= 4 is 0 Å². The average molecular weight is 145 g/mol. The zero-order chi connectivity index (χ0) is 7.61. The molecule has 60 valence electrons. The summed E-state index contributed by atoms with van der Waals surface area (Å²) in [6, 6.07) is 0. The van der Waals surface area contributed by atoms with Crippen LogP contribution in [0, 0.1) is 6.42 Å². The molecule has 0 aliphatic heterocycles. The van der Waals surface area contributed by atoms with E-state index in [1.165, 1.54) is 0 Å². The van der Waals surface area contributed by atoms with E-state index in [1.807, 2.05) is 6.92 Å².